The van der Waals surface area contributed by atoms with Crippen molar-refractivity contribution in [2.45, 2.75) is 52.2 Å². The van der Waals surface area contributed by atoms with Gasteiger partial charge in [0.2, 0.25) is 0 Å². The molecule has 0 atom stereocenters. The van der Waals surface area contributed by atoms with Crippen molar-refractivity contribution in [3.63, 3.8) is 0 Å². The van der Waals surface area contributed by atoms with E-state index in [9.17, 15) is 4.79 Å². The van der Waals surface area contributed by atoms with Gasteiger partial charge in [-0.15, -0.1) is 0 Å². The summed E-state index contributed by atoms with van der Waals surface area (Å²) in [5.41, 5.74) is 0.572. The quantitative estimate of drug-likeness (QED) is 0.843. The Balaban J connectivity index is 2.34. The third kappa shape index (κ3) is 3.44. The lowest BCUT2D eigenvalue weighted by atomic mass is 9.78. The molecule has 5 nitrogen and oxygen atoms in total. The fourth-order valence-corrected chi connectivity index (χ4v) is 2.33. The van der Waals surface area contributed by atoms with Crippen LogP contribution >= 0.6 is 0 Å². The maximum absolute atomic E-state index is 11.0. The molecule has 1 aromatic carbocycles. The van der Waals surface area contributed by atoms with Crippen LogP contribution < -0.4 is 10.2 Å². The molecule has 0 saturated carbocycles. The second-order valence-electron chi connectivity index (χ2n) is 6.50. The smallest absolute Gasteiger partial charge is 0.494 e. The van der Waals surface area contributed by atoms with Gasteiger partial charge in [-0.1, -0.05) is 6.07 Å². The Labute approximate surface area is 131 Å². The van der Waals surface area contributed by atoms with Gasteiger partial charge in [-0.25, -0.2) is 0 Å². The predicted molar refractivity (Wildman–Crippen MR) is 84.7 cm³/mol. The normalized spacial score (nSPS) is 19.2. The molecule has 1 aliphatic heterocycles. The molecule has 0 radical (unpaired) electrons. The highest BCUT2D eigenvalue weighted by Crippen LogP contribution is 2.36. The topological polar surface area (TPSA) is 65.0 Å². The van der Waals surface area contributed by atoms with Crippen LogP contribution in [-0.4, -0.2) is 36.0 Å². The van der Waals surface area contributed by atoms with Crippen LogP contribution in [0.1, 0.15) is 40.2 Å². The number of carboxylic acids is 1. The standard InChI is InChI=1S/C16H23BO5/c1-6-20-13-8-11(9-14(18)19)7-12(10-13)17-21-15(2,3)16(4,5)22-17/h7-8,10H,6,9H2,1-5H3,(H,18,19). The minimum atomic E-state index is -0.881. The fraction of sp³-hybridized carbons (Fsp3) is 0.562. The van der Waals surface area contributed by atoms with Crippen molar-refractivity contribution < 1.29 is 23.9 Å². The van der Waals surface area contributed by atoms with E-state index in [0.29, 0.717) is 17.9 Å². The minimum Gasteiger partial charge on any atom is -0.494 e. The Hall–Kier alpha value is -1.53. The second-order valence-corrected chi connectivity index (χ2v) is 6.50. The molecule has 0 aromatic heterocycles. The zero-order valence-electron chi connectivity index (χ0n) is 13.8. The van der Waals surface area contributed by atoms with E-state index in [1.54, 1.807) is 12.1 Å². The van der Waals surface area contributed by atoms with E-state index in [0.717, 1.165) is 5.46 Å². The van der Waals surface area contributed by atoms with Gasteiger partial charge in [-0.2, -0.15) is 0 Å². The number of aliphatic carboxylic acids is 1. The first-order chi connectivity index (χ1) is 10.1. The van der Waals surface area contributed by atoms with E-state index in [-0.39, 0.29) is 6.42 Å². The molecular weight excluding hydrogens is 283 g/mol. The van der Waals surface area contributed by atoms with Crippen LogP contribution in [0.3, 0.4) is 0 Å². The van der Waals surface area contributed by atoms with Gasteiger partial charge in [0.25, 0.3) is 0 Å². The maximum atomic E-state index is 11.0. The van der Waals surface area contributed by atoms with Crippen molar-refractivity contribution in [3.8, 4) is 5.75 Å². The van der Waals surface area contributed by atoms with Crippen LogP contribution in [0.5, 0.6) is 5.75 Å². The highest BCUT2D eigenvalue weighted by atomic mass is 16.7. The molecule has 0 aliphatic carbocycles. The fourth-order valence-electron chi connectivity index (χ4n) is 2.33. The van der Waals surface area contributed by atoms with Gasteiger partial charge < -0.3 is 19.2 Å². The van der Waals surface area contributed by atoms with E-state index < -0.39 is 24.3 Å². The van der Waals surface area contributed by atoms with Crippen LogP contribution in [0, 0.1) is 0 Å². The molecule has 0 amide bonds. The van der Waals surface area contributed by atoms with E-state index in [2.05, 4.69) is 0 Å². The van der Waals surface area contributed by atoms with Gasteiger partial charge in [0.15, 0.2) is 0 Å². The summed E-state index contributed by atoms with van der Waals surface area (Å²) in [4.78, 5) is 11.0. The SMILES string of the molecule is CCOc1cc(CC(=O)O)cc(B2OC(C)(C)C(C)(C)O2)c1. The molecule has 1 aromatic rings. The number of carbonyl (C=O) groups is 1. The maximum Gasteiger partial charge on any atom is 0.494 e. The largest absolute Gasteiger partial charge is 0.494 e. The molecule has 0 unspecified atom stereocenters. The first-order valence-corrected chi connectivity index (χ1v) is 7.49. The van der Waals surface area contributed by atoms with Gasteiger partial charge in [0.1, 0.15) is 5.75 Å². The Morgan fingerprint density at radius 2 is 1.77 bits per heavy atom. The molecule has 1 fully saturated rings. The Bertz CT molecular complexity index is 552. The van der Waals surface area contributed by atoms with Crippen LogP contribution in [-0.2, 0) is 20.5 Å². The highest BCUT2D eigenvalue weighted by Gasteiger charge is 2.51. The minimum absolute atomic E-state index is 0.0621. The highest BCUT2D eigenvalue weighted by molar-refractivity contribution is 6.62. The van der Waals surface area contributed by atoms with Gasteiger partial charge in [-0.3, -0.25) is 4.79 Å². The summed E-state index contributed by atoms with van der Waals surface area (Å²) in [6.45, 7) is 10.3. The van der Waals surface area contributed by atoms with Crippen molar-refractivity contribution in [2.24, 2.45) is 0 Å². The zero-order valence-corrected chi connectivity index (χ0v) is 13.8. The lowest BCUT2D eigenvalue weighted by Crippen LogP contribution is -2.41. The van der Waals surface area contributed by atoms with Crippen molar-refractivity contribution in [2.75, 3.05) is 6.61 Å². The van der Waals surface area contributed by atoms with E-state index in [4.69, 9.17) is 19.2 Å². The average Bonchev–Trinajstić information content (AvgIpc) is 2.58. The summed E-state index contributed by atoms with van der Waals surface area (Å²) in [7, 11) is -0.530. The monoisotopic (exact) mass is 306 g/mol. The van der Waals surface area contributed by atoms with Crippen molar-refractivity contribution in [1.82, 2.24) is 0 Å². The Kier molecular flexibility index (Phi) is 4.54. The van der Waals surface area contributed by atoms with Gasteiger partial charge in [0.05, 0.1) is 24.2 Å². The molecule has 120 valence electrons. The number of hydrogen-bond acceptors (Lipinski definition) is 4. The zero-order chi connectivity index (χ0) is 16.5. The Morgan fingerprint density at radius 3 is 2.27 bits per heavy atom. The van der Waals surface area contributed by atoms with Gasteiger partial charge in [0, 0.05) is 0 Å². The third-order valence-corrected chi connectivity index (χ3v) is 4.18. The molecule has 6 heteroatoms. The number of hydrogen-bond donors (Lipinski definition) is 1. The predicted octanol–water partition coefficient (Wildman–Crippen LogP) is 2.01. The molecule has 0 spiro atoms. The van der Waals surface area contributed by atoms with Crippen molar-refractivity contribution in [1.29, 1.82) is 0 Å². The first-order valence-electron chi connectivity index (χ1n) is 7.49. The van der Waals surface area contributed by atoms with Crippen LogP contribution in [0.2, 0.25) is 0 Å². The number of carboxylic acid groups (broad SMARTS) is 1. The third-order valence-electron chi connectivity index (χ3n) is 4.18. The molecule has 1 heterocycles. The number of rotatable bonds is 5. The molecule has 1 N–H and O–H groups in total. The lowest BCUT2D eigenvalue weighted by molar-refractivity contribution is -0.136. The number of ether oxygens (including phenoxy) is 1. The van der Waals surface area contributed by atoms with E-state index >= 15 is 0 Å². The summed E-state index contributed by atoms with van der Waals surface area (Å²) in [6.07, 6.45) is -0.0621. The molecule has 2 rings (SSSR count). The first kappa shape index (κ1) is 16.8. The van der Waals surface area contributed by atoms with Crippen molar-refractivity contribution >= 4 is 18.6 Å². The summed E-state index contributed by atoms with van der Waals surface area (Å²) in [5.74, 6) is -0.250. The molecule has 22 heavy (non-hydrogen) atoms. The van der Waals surface area contributed by atoms with Crippen molar-refractivity contribution in [3.05, 3.63) is 23.8 Å². The van der Waals surface area contributed by atoms with Gasteiger partial charge in [-0.05, 0) is 57.8 Å². The van der Waals surface area contributed by atoms with Gasteiger partial charge >= 0.3 is 13.1 Å². The van der Waals surface area contributed by atoms with Crippen LogP contribution in [0.25, 0.3) is 0 Å². The summed E-state index contributed by atoms with van der Waals surface area (Å²) in [5, 5.41) is 9.01. The molecule has 1 aliphatic rings. The molecule has 0 bridgehead atoms. The summed E-state index contributed by atoms with van der Waals surface area (Å²) < 4.78 is 17.6. The summed E-state index contributed by atoms with van der Waals surface area (Å²) >= 11 is 0. The lowest BCUT2D eigenvalue weighted by Gasteiger charge is -2.32. The average molecular weight is 306 g/mol. The molecule has 1 saturated heterocycles. The van der Waals surface area contributed by atoms with Crippen LogP contribution in [0.15, 0.2) is 18.2 Å². The van der Waals surface area contributed by atoms with E-state index in [1.165, 1.54) is 0 Å². The second kappa shape index (κ2) is 5.93. The molecular formula is C16H23BO5. The Morgan fingerprint density at radius 1 is 1.18 bits per heavy atom. The van der Waals surface area contributed by atoms with Crippen LogP contribution in [0.4, 0.5) is 0 Å². The number of benzene rings is 1. The van der Waals surface area contributed by atoms with E-state index in [1.807, 2.05) is 40.7 Å². The summed E-state index contributed by atoms with van der Waals surface area (Å²) in [6, 6.07) is 5.39.